The summed E-state index contributed by atoms with van der Waals surface area (Å²) < 4.78 is 25.1. The van der Waals surface area contributed by atoms with Gasteiger partial charge in [-0.15, -0.1) is 0 Å². The minimum absolute atomic E-state index is 0.0243. The second-order valence-electron chi connectivity index (χ2n) is 4.73. The summed E-state index contributed by atoms with van der Waals surface area (Å²) in [7, 11) is -3.41. The van der Waals surface area contributed by atoms with E-state index in [1.165, 1.54) is 6.07 Å². The van der Waals surface area contributed by atoms with Crippen LogP contribution in [0.3, 0.4) is 0 Å². The molecule has 0 fully saturated rings. The molecule has 1 aromatic carbocycles. The molecule has 0 aliphatic rings. The molecule has 1 rings (SSSR count). The highest BCUT2D eigenvalue weighted by molar-refractivity contribution is 9.10. The Morgan fingerprint density at radius 3 is 2.55 bits per heavy atom. The topological polar surface area (TPSA) is 74.7 Å². The van der Waals surface area contributed by atoms with E-state index in [-0.39, 0.29) is 29.8 Å². The van der Waals surface area contributed by atoms with Crippen LogP contribution in [0.25, 0.3) is 0 Å². The van der Waals surface area contributed by atoms with Gasteiger partial charge >= 0.3 is 5.97 Å². The molecule has 1 N–H and O–H groups in total. The average Bonchev–Trinajstić information content (AvgIpc) is 2.33. The Labute approximate surface area is 127 Å². The summed E-state index contributed by atoms with van der Waals surface area (Å²) in [6.07, 6.45) is 0. The first-order chi connectivity index (χ1) is 9.22. The number of benzene rings is 1. The number of halogens is 1. The standard InChI is InChI=1S/C13H18BrNO4S/c1-10(2)15(9-13(16)17)6-7-20(18,19)12-5-3-4-11(14)8-12/h3-5,8,10H,6-7,9H2,1-2H3,(H,16,17). The molecule has 0 amide bonds. The number of rotatable bonds is 7. The van der Waals surface area contributed by atoms with E-state index in [1.807, 2.05) is 13.8 Å². The Kier molecular flexibility index (Phi) is 6.16. The summed E-state index contributed by atoms with van der Waals surface area (Å²) in [4.78, 5) is 12.6. The third kappa shape index (κ3) is 5.22. The first-order valence-electron chi connectivity index (χ1n) is 6.16. The number of sulfone groups is 1. The fourth-order valence-electron chi connectivity index (χ4n) is 1.71. The van der Waals surface area contributed by atoms with Gasteiger partial charge in [0.05, 0.1) is 17.2 Å². The summed E-state index contributed by atoms with van der Waals surface area (Å²) >= 11 is 3.24. The summed E-state index contributed by atoms with van der Waals surface area (Å²) in [5, 5.41) is 8.82. The van der Waals surface area contributed by atoms with Crippen LogP contribution >= 0.6 is 15.9 Å². The number of carbonyl (C=O) groups is 1. The maximum absolute atomic E-state index is 12.2. The fourth-order valence-corrected chi connectivity index (χ4v) is 3.56. The van der Waals surface area contributed by atoms with Crippen LogP contribution in [0, 0.1) is 0 Å². The number of carboxylic acid groups (broad SMARTS) is 1. The summed E-state index contributed by atoms with van der Waals surface area (Å²) in [6.45, 7) is 3.72. The molecule has 0 spiro atoms. The van der Waals surface area contributed by atoms with Gasteiger partial charge in [0, 0.05) is 17.1 Å². The number of nitrogens with zero attached hydrogens (tertiary/aromatic N) is 1. The Bertz CT molecular complexity index is 571. The van der Waals surface area contributed by atoms with Crippen molar-refractivity contribution in [2.24, 2.45) is 0 Å². The van der Waals surface area contributed by atoms with Crippen LogP contribution in [0.1, 0.15) is 13.8 Å². The lowest BCUT2D eigenvalue weighted by Gasteiger charge is -2.24. The van der Waals surface area contributed by atoms with Crippen LogP contribution in [0.5, 0.6) is 0 Å². The fraction of sp³-hybridized carbons (Fsp3) is 0.462. The zero-order chi connectivity index (χ0) is 15.3. The Hall–Kier alpha value is -0.920. The largest absolute Gasteiger partial charge is 0.480 e. The quantitative estimate of drug-likeness (QED) is 0.801. The van der Waals surface area contributed by atoms with Crippen molar-refractivity contribution in [1.29, 1.82) is 0 Å². The molecule has 7 heteroatoms. The molecule has 0 saturated heterocycles. The minimum atomic E-state index is -3.41. The van der Waals surface area contributed by atoms with E-state index < -0.39 is 15.8 Å². The van der Waals surface area contributed by atoms with Crippen molar-refractivity contribution in [2.75, 3.05) is 18.8 Å². The van der Waals surface area contributed by atoms with E-state index >= 15 is 0 Å². The second-order valence-corrected chi connectivity index (χ2v) is 7.76. The lowest BCUT2D eigenvalue weighted by atomic mass is 10.3. The lowest BCUT2D eigenvalue weighted by Crippen LogP contribution is -2.38. The number of aliphatic carboxylic acids is 1. The second kappa shape index (κ2) is 7.19. The molecule has 0 aromatic heterocycles. The molecular formula is C13H18BrNO4S. The molecule has 0 bridgehead atoms. The first kappa shape index (κ1) is 17.1. The van der Waals surface area contributed by atoms with Crippen molar-refractivity contribution >= 4 is 31.7 Å². The number of hydrogen-bond acceptors (Lipinski definition) is 4. The highest BCUT2D eigenvalue weighted by atomic mass is 79.9. The van der Waals surface area contributed by atoms with Gasteiger partial charge in [-0.1, -0.05) is 22.0 Å². The predicted octanol–water partition coefficient (Wildman–Crippen LogP) is 2.02. The van der Waals surface area contributed by atoms with Crippen LogP contribution in [0.2, 0.25) is 0 Å². The van der Waals surface area contributed by atoms with Crippen molar-refractivity contribution in [3.63, 3.8) is 0 Å². The van der Waals surface area contributed by atoms with Gasteiger partial charge in [-0.25, -0.2) is 8.42 Å². The van der Waals surface area contributed by atoms with Crippen molar-refractivity contribution in [2.45, 2.75) is 24.8 Å². The van der Waals surface area contributed by atoms with Gasteiger partial charge in [0.1, 0.15) is 0 Å². The van der Waals surface area contributed by atoms with Gasteiger partial charge in [-0.2, -0.15) is 0 Å². The molecule has 20 heavy (non-hydrogen) atoms. The van der Waals surface area contributed by atoms with Gasteiger partial charge in [0.25, 0.3) is 0 Å². The van der Waals surface area contributed by atoms with Gasteiger partial charge < -0.3 is 5.11 Å². The predicted molar refractivity (Wildman–Crippen MR) is 80.5 cm³/mol. The normalized spacial score (nSPS) is 12.1. The molecule has 1 aromatic rings. The molecule has 112 valence electrons. The SMILES string of the molecule is CC(C)N(CCS(=O)(=O)c1cccc(Br)c1)CC(=O)O. The van der Waals surface area contributed by atoms with Crippen molar-refractivity contribution < 1.29 is 18.3 Å². The lowest BCUT2D eigenvalue weighted by molar-refractivity contribution is -0.138. The van der Waals surface area contributed by atoms with Crippen molar-refractivity contribution in [3.05, 3.63) is 28.7 Å². The van der Waals surface area contributed by atoms with Crippen LogP contribution < -0.4 is 0 Å². The number of hydrogen-bond donors (Lipinski definition) is 1. The maximum Gasteiger partial charge on any atom is 0.317 e. The van der Waals surface area contributed by atoms with E-state index in [0.29, 0.717) is 4.47 Å². The zero-order valence-corrected chi connectivity index (χ0v) is 13.8. The smallest absolute Gasteiger partial charge is 0.317 e. The Morgan fingerprint density at radius 2 is 2.05 bits per heavy atom. The summed E-state index contributed by atoms with van der Waals surface area (Å²) in [5.74, 6) is -1.06. The third-order valence-corrected chi connectivity index (χ3v) is 5.06. The third-order valence-electron chi connectivity index (χ3n) is 2.87. The van der Waals surface area contributed by atoms with Crippen LogP contribution in [0.4, 0.5) is 0 Å². The van der Waals surface area contributed by atoms with E-state index in [1.54, 1.807) is 23.1 Å². The summed E-state index contributed by atoms with van der Waals surface area (Å²) in [6, 6.07) is 6.48. The summed E-state index contributed by atoms with van der Waals surface area (Å²) in [5.41, 5.74) is 0. The monoisotopic (exact) mass is 363 g/mol. The molecule has 0 saturated carbocycles. The van der Waals surface area contributed by atoms with E-state index in [9.17, 15) is 13.2 Å². The van der Waals surface area contributed by atoms with Crippen LogP contribution in [-0.2, 0) is 14.6 Å². The molecule has 0 aliphatic heterocycles. The van der Waals surface area contributed by atoms with Crippen LogP contribution in [-0.4, -0.2) is 49.3 Å². The molecule has 0 atom stereocenters. The highest BCUT2D eigenvalue weighted by Crippen LogP contribution is 2.17. The molecular weight excluding hydrogens is 346 g/mol. The van der Waals surface area contributed by atoms with E-state index in [2.05, 4.69) is 15.9 Å². The van der Waals surface area contributed by atoms with Crippen molar-refractivity contribution in [3.8, 4) is 0 Å². The molecule has 0 unspecified atom stereocenters. The van der Waals surface area contributed by atoms with Crippen molar-refractivity contribution in [1.82, 2.24) is 4.90 Å². The first-order valence-corrected chi connectivity index (χ1v) is 8.61. The van der Waals surface area contributed by atoms with Crippen LogP contribution in [0.15, 0.2) is 33.6 Å². The Morgan fingerprint density at radius 1 is 1.40 bits per heavy atom. The molecule has 0 radical (unpaired) electrons. The average molecular weight is 364 g/mol. The Balaban J connectivity index is 2.78. The molecule has 0 aliphatic carbocycles. The van der Waals surface area contributed by atoms with Gasteiger partial charge in [0.15, 0.2) is 9.84 Å². The van der Waals surface area contributed by atoms with E-state index in [0.717, 1.165) is 0 Å². The number of carboxylic acids is 1. The molecule has 0 heterocycles. The highest BCUT2D eigenvalue weighted by Gasteiger charge is 2.19. The zero-order valence-electron chi connectivity index (χ0n) is 11.4. The maximum atomic E-state index is 12.2. The van der Waals surface area contributed by atoms with Gasteiger partial charge in [-0.05, 0) is 32.0 Å². The molecule has 5 nitrogen and oxygen atoms in total. The minimum Gasteiger partial charge on any atom is -0.480 e. The van der Waals surface area contributed by atoms with Gasteiger partial charge in [0.2, 0.25) is 0 Å². The van der Waals surface area contributed by atoms with Gasteiger partial charge in [-0.3, -0.25) is 9.69 Å². The van der Waals surface area contributed by atoms with E-state index in [4.69, 9.17) is 5.11 Å².